The van der Waals surface area contributed by atoms with Crippen LogP contribution >= 0.6 is 0 Å². The number of hydrogen-bond acceptors (Lipinski definition) is 1. The van der Waals surface area contributed by atoms with E-state index in [1.807, 2.05) is 0 Å². The second kappa shape index (κ2) is 5.44. The summed E-state index contributed by atoms with van der Waals surface area (Å²) in [5, 5.41) is 10.9. The summed E-state index contributed by atoms with van der Waals surface area (Å²) in [6, 6.07) is 6.50. The maximum absolute atomic E-state index is 10.9. The molecule has 1 aliphatic carbocycles. The molecule has 1 nitrogen and oxygen atoms in total. The maximum Gasteiger partial charge on any atom is 0.0897 e. The lowest BCUT2D eigenvalue weighted by atomic mass is 9.73. The fourth-order valence-electron chi connectivity index (χ4n) is 3.38. The van der Waals surface area contributed by atoms with Crippen LogP contribution in [0.1, 0.15) is 62.1 Å². The molecule has 0 atom stereocenters. The summed E-state index contributed by atoms with van der Waals surface area (Å²) < 4.78 is 0. The van der Waals surface area contributed by atoms with Crippen molar-refractivity contribution in [2.75, 3.05) is 0 Å². The number of hydrogen-bond donors (Lipinski definition) is 1. The van der Waals surface area contributed by atoms with Gasteiger partial charge in [0.05, 0.1) is 5.60 Å². The molecule has 0 aromatic heterocycles. The summed E-state index contributed by atoms with van der Waals surface area (Å²) in [6.45, 7) is 6.48. The van der Waals surface area contributed by atoms with Crippen LogP contribution in [0.4, 0.5) is 0 Å². The normalized spacial score (nSPS) is 28.3. The highest BCUT2D eigenvalue weighted by Crippen LogP contribution is 2.41. The molecule has 1 saturated carbocycles. The van der Waals surface area contributed by atoms with Gasteiger partial charge in [-0.15, -0.1) is 0 Å². The zero-order chi connectivity index (χ0) is 13.2. The van der Waals surface area contributed by atoms with Crippen LogP contribution in [0.2, 0.25) is 0 Å². The first-order chi connectivity index (χ1) is 8.53. The first-order valence-corrected chi connectivity index (χ1v) is 7.34. The number of aliphatic hydroxyl groups is 1. The molecule has 2 rings (SSSR count). The quantitative estimate of drug-likeness (QED) is 0.833. The van der Waals surface area contributed by atoms with Gasteiger partial charge in [-0.2, -0.15) is 0 Å². The third-order valence-electron chi connectivity index (χ3n) is 4.39. The van der Waals surface area contributed by atoms with Crippen molar-refractivity contribution in [3.8, 4) is 0 Å². The lowest BCUT2D eigenvalue weighted by Crippen LogP contribution is -2.31. The lowest BCUT2D eigenvalue weighted by Gasteiger charge is -2.36. The van der Waals surface area contributed by atoms with Gasteiger partial charge in [-0.25, -0.2) is 0 Å². The van der Waals surface area contributed by atoms with Crippen LogP contribution in [0.15, 0.2) is 18.2 Å². The Hall–Kier alpha value is -0.820. The summed E-state index contributed by atoms with van der Waals surface area (Å²) >= 11 is 0. The molecular weight excluding hydrogens is 220 g/mol. The van der Waals surface area contributed by atoms with E-state index in [0.717, 1.165) is 24.3 Å². The molecule has 0 heterocycles. The van der Waals surface area contributed by atoms with E-state index in [1.54, 1.807) is 0 Å². The molecule has 100 valence electrons. The molecule has 0 amide bonds. The summed E-state index contributed by atoms with van der Waals surface area (Å²) in [5.74, 6) is 0.834. The van der Waals surface area contributed by atoms with Crippen molar-refractivity contribution in [2.45, 2.75) is 64.9 Å². The third-order valence-corrected chi connectivity index (χ3v) is 4.39. The van der Waals surface area contributed by atoms with Gasteiger partial charge in [-0.1, -0.05) is 49.1 Å². The van der Waals surface area contributed by atoms with E-state index >= 15 is 0 Å². The van der Waals surface area contributed by atoms with Crippen LogP contribution in [0.3, 0.4) is 0 Å². The molecular formula is C17H26O. The van der Waals surface area contributed by atoms with Crippen molar-refractivity contribution in [2.24, 2.45) is 5.92 Å². The maximum atomic E-state index is 10.9. The van der Waals surface area contributed by atoms with Gasteiger partial charge in [0.2, 0.25) is 0 Å². The third kappa shape index (κ3) is 2.95. The Morgan fingerprint density at radius 3 is 2.17 bits per heavy atom. The Balaban J connectivity index is 2.13. The zero-order valence-electron chi connectivity index (χ0n) is 12.0. The fraction of sp³-hybridized carbons (Fsp3) is 0.647. The summed E-state index contributed by atoms with van der Waals surface area (Å²) in [7, 11) is 0. The van der Waals surface area contributed by atoms with Crippen molar-refractivity contribution in [1.29, 1.82) is 0 Å². The van der Waals surface area contributed by atoms with Gasteiger partial charge in [0.1, 0.15) is 0 Å². The minimum Gasteiger partial charge on any atom is -0.385 e. The molecule has 0 saturated heterocycles. The van der Waals surface area contributed by atoms with E-state index in [4.69, 9.17) is 0 Å². The van der Waals surface area contributed by atoms with Gasteiger partial charge < -0.3 is 5.11 Å². The lowest BCUT2D eigenvalue weighted by molar-refractivity contribution is -0.0153. The Labute approximate surface area is 111 Å². The highest BCUT2D eigenvalue weighted by atomic mass is 16.3. The average molecular weight is 246 g/mol. The molecule has 1 N–H and O–H groups in total. The Kier molecular flexibility index (Phi) is 4.11. The molecule has 0 spiro atoms. The second-order valence-electron chi connectivity index (χ2n) is 6.14. The van der Waals surface area contributed by atoms with Gasteiger partial charge in [-0.05, 0) is 51.0 Å². The van der Waals surface area contributed by atoms with Gasteiger partial charge in [-0.3, -0.25) is 0 Å². The van der Waals surface area contributed by atoms with Gasteiger partial charge >= 0.3 is 0 Å². The van der Waals surface area contributed by atoms with Crippen molar-refractivity contribution >= 4 is 0 Å². The van der Waals surface area contributed by atoms with Gasteiger partial charge in [0.25, 0.3) is 0 Å². The topological polar surface area (TPSA) is 20.2 Å². The van der Waals surface area contributed by atoms with Crippen LogP contribution in [0.5, 0.6) is 0 Å². The first kappa shape index (κ1) is 13.6. The van der Waals surface area contributed by atoms with Gasteiger partial charge in [0, 0.05) is 0 Å². The monoisotopic (exact) mass is 246 g/mol. The van der Waals surface area contributed by atoms with E-state index in [9.17, 15) is 5.11 Å². The largest absolute Gasteiger partial charge is 0.385 e. The van der Waals surface area contributed by atoms with Crippen LogP contribution in [0.25, 0.3) is 0 Å². The average Bonchev–Trinajstić information content (AvgIpc) is 2.31. The predicted molar refractivity (Wildman–Crippen MR) is 76.7 cm³/mol. The van der Waals surface area contributed by atoms with E-state index in [0.29, 0.717) is 0 Å². The van der Waals surface area contributed by atoms with Crippen molar-refractivity contribution in [3.63, 3.8) is 0 Å². The van der Waals surface area contributed by atoms with Crippen molar-refractivity contribution < 1.29 is 5.11 Å². The minimum absolute atomic E-state index is 0.568. The van der Waals surface area contributed by atoms with Crippen molar-refractivity contribution in [3.05, 3.63) is 34.9 Å². The first-order valence-electron chi connectivity index (χ1n) is 7.34. The fourth-order valence-corrected chi connectivity index (χ4v) is 3.38. The molecule has 1 aromatic rings. The molecule has 1 heteroatoms. The molecule has 0 aliphatic heterocycles. The molecule has 0 unspecified atom stereocenters. The summed E-state index contributed by atoms with van der Waals surface area (Å²) in [5.41, 5.74) is 3.08. The molecule has 1 aromatic carbocycles. The van der Waals surface area contributed by atoms with E-state index in [-0.39, 0.29) is 0 Å². The molecule has 18 heavy (non-hydrogen) atoms. The second-order valence-corrected chi connectivity index (χ2v) is 6.14. The van der Waals surface area contributed by atoms with Crippen LogP contribution < -0.4 is 0 Å². The molecule has 0 bridgehead atoms. The van der Waals surface area contributed by atoms with E-state index in [1.165, 1.54) is 36.8 Å². The number of rotatable bonds is 3. The molecule has 1 aliphatic rings. The summed E-state index contributed by atoms with van der Waals surface area (Å²) in [4.78, 5) is 0. The molecule has 1 fully saturated rings. The predicted octanol–water partition coefficient (Wildman–Crippen LogP) is 4.48. The zero-order valence-corrected chi connectivity index (χ0v) is 12.0. The Bertz CT molecular complexity index is 380. The Morgan fingerprint density at radius 1 is 1.11 bits per heavy atom. The Morgan fingerprint density at radius 2 is 1.67 bits per heavy atom. The van der Waals surface area contributed by atoms with Crippen LogP contribution in [-0.2, 0) is 5.60 Å². The number of benzene rings is 1. The molecule has 0 radical (unpaired) electrons. The highest BCUT2D eigenvalue weighted by molar-refractivity contribution is 5.32. The van der Waals surface area contributed by atoms with E-state index < -0.39 is 5.60 Å². The van der Waals surface area contributed by atoms with Crippen molar-refractivity contribution in [1.82, 2.24) is 0 Å². The summed E-state index contributed by atoms with van der Waals surface area (Å²) in [6.07, 6.45) is 6.81. The SMILES string of the molecule is CCCC1CCC(O)(c2cc(C)cc(C)c2)CC1. The smallest absolute Gasteiger partial charge is 0.0897 e. The standard InChI is InChI=1S/C17H26O/c1-4-5-15-6-8-17(18,9-7-15)16-11-13(2)10-14(3)12-16/h10-12,15,18H,4-9H2,1-3H3. The van der Waals surface area contributed by atoms with Crippen LogP contribution in [0, 0.1) is 19.8 Å². The van der Waals surface area contributed by atoms with Gasteiger partial charge in [0.15, 0.2) is 0 Å². The highest BCUT2D eigenvalue weighted by Gasteiger charge is 2.34. The number of aryl methyl sites for hydroxylation is 2. The minimum atomic E-state index is -0.568. The van der Waals surface area contributed by atoms with Crippen LogP contribution in [-0.4, -0.2) is 5.11 Å². The van der Waals surface area contributed by atoms with E-state index in [2.05, 4.69) is 39.0 Å².